The number of fused-ring (bicyclic) bond motifs is 14. The van der Waals surface area contributed by atoms with Gasteiger partial charge in [-0.05, 0) is 46.5 Å². The van der Waals surface area contributed by atoms with Crippen molar-refractivity contribution < 1.29 is 4.42 Å². The summed E-state index contributed by atoms with van der Waals surface area (Å²) in [5.41, 5.74) is 10.0. The Balaban J connectivity index is 1.33. The summed E-state index contributed by atoms with van der Waals surface area (Å²) in [6.45, 7) is 0. The van der Waals surface area contributed by atoms with Crippen LogP contribution in [-0.2, 0) is 0 Å². The minimum absolute atomic E-state index is 0.606. The molecule has 14 aromatic rings. The van der Waals surface area contributed by atoms with Crippen LogP contribution in [0.1, 0.15) is 0 Å². The van der Waals surface area contributed by atoms with Crippen LogP contribution < -0.4 is 0 Å². The smallest absolute Gasteiger partial charge is 0.235 e. The summed E-state index contributed by atoms with van der Waals surface area (Å²) in [5.74, 6) is 0.606. The molecule has 0 atom stereocenters. The van der Waals surface area contributed by atoms with Gasteiger partial charge in [-0.15, -0.1) is 0 Å². The first kappa shape index (κ1) is 29.6. The normalized spacial score (nSPS) is 12.6. The maximum absolute atomic E-state index is 7.02. The second-order valence-corrected chi connectivity index (χ2v) is 15.3. The summed E-state index contributed by atoms with van der Waals surface area (Å²) in [4.78, 5) is 11.2. The Morgan fingerprint density at radius 2 is 1.12 bits per heavy atom. The number of rotatable bonds is 2. The predicted molar refractivity (Wildman–Crippen MR) is 236 cm³/mol. The van der Waals surface area contributed by atoms with Gasteiger partial charge in [0.1, 0.15) is 11.1 Å². The third-order valence-corrected chi connectivity index (χ3v) is 12.4. The second kappa shape index (κ2) is 10.5. The molecule has 14 rings (SSSR count). The van der Waals surface area contributed by atoms with Crippen LogP contribution >= 0.6 is 0 Å². The zero-order chi connectivity index (χ0) is 36.9. The van der Waals surface area contributed by atoms with Gasteiger partial charge in [-0.1, -0.05) is 140 Å². The fraction of sp³-hybridized carbons (Fsp3) is 0. The molecule has 0 unspecified atom stereocenters. The lowest BCUT2D eigenvalue weighted by molar-refractivity contribution is 0.671. The fourth-order valence-electron chi connectivity index (χ4n) is 10.1. The number of hydrogen-bond acceptors (Lipinski definition) is 3. The van der Waals surface area contributed by atoms with Gasteiger partial charge in [0.2, 0.25) is 5.95 Å². The molecule has 0 aliphatic heterocycles. The standard InChI is InChI=1S/C52H28N4O/c1-2-14-30(15-3-1)47-38-26-25-29-13-4-7-18-33(29)48(38)54-52(53-47)56-41-27-31-16-5-6-17-32(31)44-37-22-12-21-36-34-19-8-10-23-40(34)55(49(36)37)42-28-39-35-20-9-11-24-43(35)57-51(39)50(56)46(42)45(41)44/h1-28H. The number of aromatic nitrogens is 4. The molecule has 9 aromatic carbocycles. The van der Waals surface area contributed by atoms with Crippen LogP contribution in [0.5, 0.6) is 0 Å². The average molecular weight is 725 g/mol. The van der Waals surface area contributed by atoms with Gasteiger partial charge in [-0.25, -0.2) is 9.97 Å². The minimum atomic E-state index is 0.606. The van der Waals surface area contributed by atoms with Gasteiger partial charge in [0.15, 0.2) is 5.58 Å². The zero-order valence-corrected chi connectivity index (χ0v) is 30.4. The van der Waals surface area contributed by atoms with E-state index in [1.54, 1.807) is 0 Å². The molecule has 0 bridgehead atoms. The zero-order valence-electron chi connectivity index (χ0n) is 30.4. The molecule has 0 fully saturated rings. The van der Waals surface area contributed by atoms with Crippen molar-refractivity contribution in [3.05, 3.63) is 170 Å². The van der Waals surface area contributed by atoms with Crippen molar-refractivity contribution in [3.8, 4) is 17.2 Å². The molecule has 5 heterocycles. The highest BCUT2D eigenvalue weighted by atomic mass is 16.3. The van der Waals surface area contributed by atoms with E-state index in [0.29, 0.717) is 5.95 Å². The third kappa shape index (κ3) is 3.69. The SMILES string of the molecule is c1ccc(-c2nc(-n3c4cc5ccccc5c5c6cccc7c8ccccc8n(c8cc9c%10ccccc%10oc9c3c8c54)c76)nc3c2ccc2ccccc23)cc1. The molecule has 0 saturated carbocycles. The van der Waals surface area contributed by atoms with Crippen LogP contribution in [0.15, 0.2) is 174 Å². The summed E-state index contributed by atoms with van der Waals surface area (Å²) in [6.07, 6.45) is 0. The van der Waals surface area contributed by atoms with Crippen molar-refractivity contribution in [3.63, 3.8) is 0 Å². The van der Waals surface area contributed by atoms with Crippen LogP contribution in [0, 0.1) is 0 Å². The topological polar surface area (TPSA) is 48.3 Å². The third-order valence-electron chi connectivity index (χ3n) is 12.4. The largest absolute Gasteiger partial charge is 0.454 e. The highest BCUT2D eigenvalue weighted by molar-refractivity contribution is 6.39. The molecule has 262 valence electrons. The Morgan fingerprint density at radius 1 is 0.404 bits per heavy atom. The first-order valence-electron chi connectivity index (χ1n) is 19.4. The van der Waals surface area contributed by atoms with Crippen LogP contribution in [0.25, 0.3) is 131 Å². The Kier molecular flexibility index (Phi) is 5.45. The summed E-state index contributed by atoms with van der Waals surface area (Å²) in [7, 11) is 0. The minimum Gasteiger partial charge on any atom is -0.454 e. The van der Waals surface area contributed by atoms with Crippen LogP contribution in [0.3, 0.4) is 0 Å². The quantitative estimate of drug-likeness (QED) is 0.167. The molecular formula is C52H28N4O. The summed E-state index contributed by atoms with van der Waals surface area (Å²) >= 11 is 0. The lowest BCUT2D eigenvalue weighted by atomic mass is 9.97. The molecular weight excluding hydrogens is 697 g/mol. The Bertz CT molecular complexity index is 4040. The molecule has 57 heavy (non-hydrogen) atoms. The van der Waals surface area contributed by atoms with E-state index in [2.05, 4.69) is 179 Å². The highest BCUT2D eigenvalue weighted by Crippen LogP contribution is 2.49. The van der Waals surface area contributed by atoms with Gasteiger partial charge in [0, 0.05) is 59.4 Å². The number of nitrogens with zero attached hydrogens (tertiary/aromatic N) is 4. The highest BCUT2D eigenvalue weighted by Gasteiger charge is 2.28. The van der Waals surface area contributed by atoms with E-state index in [9.17, 15) is 0 Å². The van der Waals surface area contributed by atoms with Crippen molar-refractivity contribution in [2.75, 3.05) is 0 Å². The van der Waals surface area contributed by atoms with E-state index in [1.807, 2.05) is 0 Å². The van der Waals surface area contributed by atoms with E-state index in [0.717, 1.165) is 82.2 Å². The molecule has 5 nitrogen and oxygen atoms in total. The number of furan rings is 1. The van der Waals surface area contributed by atoms with Crippen molar-refractivity contribution in [1.82, 2.24) is 18.9 Å². The number of para-hydroxylation sites is 3. The van der Waals surface area contributed by atoms with Crippen molar-refractivity contribution in [2.24, 2.45) is 0 Å². The summed E-state index contributed by atoms with van der Waals surface area (Å²) in [5, 5.41) is 14.9. The average Bonchev–Trinajstić information content (AvgIpc) is 3.90. The van der Waals surface area contributed by atoms with Crippen LogP contribution in [-0.4, -0.2) is 18.9 Å². The molecule has 0 radical (unpaired) electrons. The van der Waals surface area contributed by atoms with E-state index in [-0.39, 0.29) is 0 Å². The maximum atomic E-state index is 7.02. The van der Waals surface area contributed by atoms with Gasteiger partial charge < -0.3 is 8.82 Å². The fourth-order valence-corrected chi connectivity index (χ4v) is 10.1. The molecule has 0 amide bonds. The lowest BCUT2D eigenvalue weighted by Gasteiger charge is -2.14. The van der Waals surface area contributed by atoms with Gasteiger partial charge in [-0.2, -0.15) is 0 Å². The van der Waals surface area contributed by atoms with Crippen LogP contribution in [0.4, 0.5) is 0 Å². The Hall–Kier alpha value is -7.76. The van der Waals surface area contributed by atoms with Crippen LogP contribution in [0.2, 0.25) is 0 Å². The molecule has 5 heteroatoms. The summed E-state index contributed by atoms with van der Waals surface area (Å²) < 4.78 is 11.8. The Morgan fingerprint density at radius 3 is 2.02 bits per heavy atom. The van der Waals surface area contributed by atoms with Gasteiger partial charge in [-0.3, -0.25) is 4.57 Å². The summed E-state index contributed by atoms with van der Waals surface area (Å²) in [6, 6.07) is 60.9. The number of benzene rings is 9. The second-order valence-electron chi connectivity index (χ2n) is 15.3. The van der Waals surface area contributed by atoms with E-state index < -0.39 is 0 Å². The van der Waals surface area contributed by atoms with Crippen molar-refractivity contribution >= 4 is 114 Å². The molecule has 0 aliphatic carbocycles. The first-order valence-corrected chi connectivity index (χ1v) is 19.4. The van der Waals surface area contributed by atoms with E-state index >= 15 is 0 Å². The molecule has 0 spiro atoms. The van der Waals surface area contributed by atoms with Crippen molar-refractivity contribution in [1.29, 1.82) is 0 Å². The van der Waals surface area contributed by atoms with Gasteiger partial charge >= 0.3 is 0 Å². The number of hydrogen-bond donors (Lipinski definition) is 0. The van der Waals surface area contributed by atoms with Gasteiger partial charge in [0.05, 0.1) is 33.3 Å². The molecule has 0 N–H and O–H groups in total. The van der Waals surface area contributed by atoms with Gasteiger partial charge in [0.25, 0.3) is 0 Å². The molecule has 0 aliphatic rings. The monoisotopic (exact) mass is 724 g/mol. The molecule has 0 saturated heterocycles. The lowest BCUT2D eigenvalue weighted by Crippen LogP contribution is -2.04. The maximum Gasteiger partial charge on any atom is 0.235 e. The van der Waals surface area contributed by atoms with E-state index in [1.165, 1.54) is 43.4 Å². The predicted octanol–water partition coefficient (Wildman–Crippen LogP) is 13.7. The Labute approximate surface area is 323 Å². The molecule has 5 aromatic heterocycles. The van der Waals surface area contributed by atoms with E-state index in [4.69, 9.17) is 14.4 Å². The first-order chi connectivity index (χ1) is 28.3. The van der Waals surface area contributed by atoms with Crippen molar-refractivity contribution in [2.45, 2.75) is 0 Å².